The SMILES string of the molecule is CCOC(=O)C1(C(=O)OCC)C(F)C1c1ccccc1F. The van der Waals surface area contributed by atoms with E-state index in [1.807, 2.05) is 0 Å². The Morgan fingerprint density at radius 3 is 2.14 bits per heavy atom. The van der Waals surface area contributed by atoms with E-state index < -0.39 is 35.3 Å². The van der Waals surface area contributed by atoms with Crippen LogP contribution in [0.5, 0.6) is 0 Å². The van der Waals surface area contributed by atoms with Gasteiger partial charge >= 0.3 is 11.9 Å². The second-order valence-corrected chi connectivity index (χ2v) is 4.71. The lowest BCUT2D eigenvalue weighted by Gasteiger charge is -2.14. The van der Waals surface area contributed by atoms with Gasteiger partial charge in [-0.25, -0.2) is 8.78 Å². The lowest BCUT2D eigenvalue weighted by molar-refractivity contribution is -0.165. The third kappa shape index (κ3) is 2.28. The van der Waals surface area contributed by atoms with E-state index in [1.165, 1.54) is 18.2 Å². The summed E-state index contributed by atoms with van der Waals surface area (Å²) in [5.41, 5.74) is -2.11. The predicted octanol–water partition coefficient (Wildman–Crippen LogP) is 2.37. The van der Waals surface area contributed by atoms with Crippen molar-refractivity contribution in [2.75, 3.05) is 13.2 Å². The molecule has 0 amide bonds. The van der Waals surface area contributed by atoms with Gasteiger partial charge in [0.2, 0.25) is 5.41 Å². The monoisotopic (exact) mass is 298 g/mol. The van der Waals surface area contributed by atoms with Gasteiger partial charge in [0.25, 0.3) is 0 Å². The zero-order valence-corrected chi connectivity index (χ0v) is 11.8. The van der Waals surface area contributed by atoms with Crippen molar-refractivity contribution < 1.29 is 27.8 Å². The Balaban J connectivity index is 2.41. The molecule has 0 aromatic heterocycles. The van der Waals surface area contributed by atoms with E-state index in [0.29, 0.717) is 0 Å². The molecule has 2 unspecified atom stereocenters. The van der Waals surface area contributed by atoms with Crippen molar-refractivity contribution in [1.82, 2.24) is 0 Å². The van der Waals surface area contributed by atoms with Crippen LogP contribution in [-0.2, 0) is 19.1 Å². The van der Waals surface area contributed by atoms with E-state index in [-0.39, 0.29) is 18.8 Å². The Hall–Kier alpha value is -1.98. The smallest absolute Gasteiger partial charge is 0.327 e. The largest absolute Gasteiger partial charge is 0.465 e. The Labute approximate surface area is 121 Å². The minimum atomic E-state index is -2.09. The number of hydrogen-bond acceptors (Lipinski definition) is 4. The molecule has 0 heterocycles. The molecule has 0 radical (unpaired) electrons. The van der Waals surface area contributed by atoms with E-state index in [4.69, 9.17) is 9.47 Å². The third-order valence-corrected chi connectivity index (χ3v) is 3.58. The average molecular weight is 298 g/mol. The fourth-order valence-electron chi connectivity index (χ4n) is 2.54. The highest BCUT2D eigenvalue weighted by Gasteiger charge is 2.79. The van der Waals surface area contributed by atoms with E-state index in [0.717, 1.165) is 6.07 Å². The molecule has 6 heteroatoms. The van der Waals surface area contributed by atoms with Crippen LogP contribution in [0.25, 0.3) is 0 Å². The number of carbonyl (C=O) groups is 2. The second-order valence-electron chi connectivity index (χ2n) is 4.71. The van der Waals surface area contributed by atoms with Crippen LogP contribution in [0.3, 0.4) is 0 Å². The molecule has 1 aliphatic rings. The molecule has 1 saturated carbocycles. The summed E-state index contributed by atoms with van der Waals surface area (Å²) in [6, 6.07) is 5.48. The standard InChI is InChI=1S/C15H16F2O4/c1-3-20-13(18)15(14(19)21-4-2)11(12(15)17)9-7-5-6-8-10(9)16/h5-8,11-12H,3-4H2,1-2H3. The maximum absolute atomic E-state index is 14.3. The Kier molecular flexibility index (Phi) is 4.25. The van der Waals surface area contributed by atoms with Gasteiger partial charge in [0.05, 0.1) is 13.2 Å². The van der Waals surface area contributed by atoms with Crippen LogP contribution in [0, 0.1) is 11.2 Å². The first-order valence-electron chi connectivity index (χ1n) is 6.74. The predicted molar refractivity (Wildman–Crippen MR) is 69.7 cm³/mol. The van der Waals surface area contributed by atoms with Crippen molar-refractivity contribution >= 4 is 11.9 Å². The second kappa shape index (κ2) is 5.79. The van der Waals surface area contributed by atoms with Crippen LogP contribution in [0.4, 0.5) is 8.78 Å². The van der Waals surface area contributed by atoms with E-state index in [1.54, 1.807) is 13.8 Å². The lowest BCUT2D eigenvalue weighted by Crippen LogP contribution is -2.33. The van der Waals surface area contributed by atoms with Crippen LogP contribution in [0.2, 0.25) is 0 Å². The number of carbonyl (C=O) groups excluding carboxylic acids is 2. The van der Waals surface area contributed by atoms with Crippen molar-refractivity contribution in [3.8, 4) is 0 Å². The van der Waals surface area contributed by atoms with Gasteiger partial charge in [-0.15, -0.1) is 0 Å². The molecule has 1 aliphatic carbocycles. The molecule has 1 aromatic rings. The lowest BCUT2D eigenvalue weighted by atomic mass is 9.98. The number of ether oxygens (including phenoxy) is 2. The molecule has 2 rings (SSSR count). The van der Waals surface area contributed by atoms with Crippen LogP contribution in [-0.4, -0.2) is 31.3 Å². The molecule has 2 atom stereocenters. The van der Waals surface area contributed by atoms with Gasteiger partial charge in [0.1, 0.15) is 12.0 Å². The van der Waals surface area contributed by atoms with E-state index in [2.05, 4.69) is 0 Å². The third-order valence-electron chi connectivity index (χ3n) is 3.58. The van der Waals surface area contributed by atoms with E-state index >= 15 is 0 Å². The molecule has 0 saturated heterocycles. The Morgan fingerprint density at radius 2 is 1.67 bits per heavy atom. The molecule has 1 fully saturated rings. The quantitative estimate of drug-likeness (QED) is 0.618. The van der Waals surface area contributed by atoms with Crippen molar-refractivity contribution in [1.29, 1.82) is 0 Å². The first-order chi connectivity index (χ1) is 10.0. The fourth-order valence-corrected chi connectivity index (χ4v) is 2.54. The number of esters is 2. The van der Waals surface area contributed by atoms with Crippen LogP contribution < -0.4 is 0 Å². The van der Waals surface area contributed by atoms with Gasteiger partial charge in [0, 0.05) is 5.92 Å². The fraction of sp³-hybridized carbons (Fsp3) is 0.467. The number of hydrogen-bond donors (Lipinski definition) is 0. The normalized spacial score (nSPS) is 22.5. The van der Waals surface area contributed by atoms with Crippen molar-refractivity contribution in [2.24, 2.45) is 5.41 Å². The Morgan fingerprint density at radius 1 is 1.14 bits per heavy atom. The topological polar surface area (TPSA) is 52.6 Å². The summed E-state index contributed by atoms with van der Waals surface area (Å²) in [5.74, 6) is -3.90. The summed E-state index contributed by atoms with van der Waals surface area (Å²) in [6.07, 6.45) is -1.85. The number of rotatable bonds is 5. The van der Waals surface area contributed by atoms with Crippen molar-refractivity contribution in [3.63, 3.8) is 0 Å². The van der Waals surface area contributed by atoms with Crippen molar-refractivity contribution in [3.05, 3.63) is 35.6 Å². The molecular weight excluding hydrogens is 282 g/mol. The van der Waals surface area contributed by atoms with Crippen LogP contribution in [0.15, 0.2) is 24.3 Å². The maximum atomic E-state index is 14.3. The maximum Gasteiger partial charge on any atom is 0.327 e. The first-order valence-corrected chi connectivity index (χ1v) is 6.74. The highest BCUT2D eigenvalue weighted by atomic mass is 19.1. The van der Waals surface area contributed by atoms with Crippen LogP contribution >= 0.6 is 0 Å². The molecule has 0 spiro atoms. The van der Waals surface area contributed by atoms with Gasteiger partial charge < -0.3 is 9.47 Å². The highest BCUT2D eigenvalue weighted by molar-refractivity contribution is 6.06. The molecule has 0 aliphatic heterocycles. The summed E-state index contributed by atoms with van der Waals surface area (Å²) in [6.45, 7) is 3.09. The first kappa shape index (κ1) is 15.4. The minimum Gasteiger partial charge on any atom is -0.465 e. The number of halogens is 2. The molecular formula is C15H16F2O4. The van der Waals surface area contributed by atoms with Gasteiger partial charge in [0.15, 0.2) is 0 Å². The highest BCUT2D eigenvalue weighted by Crippen LogP contribution is 2.63. The van der Waals surface area contributed by atoms with Crippen molar-refractivity contribution in [2.45, 2.75) is 25.9 Å². The van der Waals surface area contributed by atoms with Gasteiger partial charge in [-0.05, 0) is 25.5 Å². The Bertz CT molecular complexity index is 540. The zero-order chi connectivity index (χ0) is 15.6. The summed E-state index contributed by atoms with van der Waals surface area (Å²) in [4.78, 5) is 24.1. The summed E-state index contributed by atoms with van der Waals surface area (Å²) in [7, 11) is 0. The molecule has 114 valence electrons. The zero-order valence-electron chi connectivity index (χ0n) is 11.8. The average Bonchev–Trinajstić information content (AvgIpc) is 3.07. The number of benzene rings is 1. The molecule has 4 nitrogen and oxygen atoms in total. The van der Waals surface area contributed by atoms with Gasteiger partial charge in [-0.3, -0.25) is 9.59 Å². The van der Waals surface area contributed by atoms with E-state index in [9.17, 15) is 18.4 Å². The molecule has 1 aromatic carbocycles. The van der Waals surface area contributed by atoms with Crippen LogP contribution in [0.1, 0.15) is 25.3 Å². The minimum absolute atomic E-state index is 0.00327. The molecule has 0 N–H and O–H groups in total. The summed E-state index contributed by atoms with van der Waals surface area (Å²) < 4.78 is 37.8. The summed E-state index contributed by atoms with van der Waals surface area (Å²) in [5, 5.41) is 0. The summed E-state index contributed by atoms with van der Waals surface area (Å²) >= 11 is 0. The van der Waals surface area contributed by atoms with Gasteiger partial charge in [-0.2, -0.15) is 0 Å². The number of alkyl halides is 1. The van der Waals surface area contributed by atoms with Gasteiger partial charge in [-0.1, -0.05) is 18.2 Å². The molecule has 0 bridgehead atoms. The molecule has 21 heavy (non-hydrogen) atoms.